The lowest BCUT2D eigenvalue weighted by atomic mass is 10.2. The third-order valence-electron chi connectivity index (χ3n) is 3.00. The summed E-state index contributed by atoms with van der Waals surface area (Å²) in [6.45, 7) is 4.91. The molecule has 1 aromatic rings. The van der Waals surface area contributed by atoms with Crippen molar-refractivity contribution in [1.82, 2.24) is 4.90 Å². The molecule has 0 aromatic heterocycles. The van der Waals surface area contributed by atoms with E-state index in [4.69, 9.17) is 25.8 Å². The lowest BCUT2D eigenvalue weighted by molar-refractivity contribution is -0.155. The molecule has 0 N–H and O–H groups in total. The number of carbonyl (C=O) groups excluding carboxylic acids is 3. The molecular weight excluding hydrogens is 362 g/mol. The molecule has 0 unspecified atom stereocenters. The number of ether oxygens (including phenoxy) is 3. The quantitative estimate of drug-likeness (QED) is 0.388. The number of alkyl halides is 1. The molecule has 0 fully saturated rings. The van der Waals surface area contributed by atoms with Gasteiger partial charge in [0.2, 0.25) is 0 Å². The monoisotopic (exact) mass is 385 g/mol. The highest BCUT2D eigenvalue weighted by Crippen LogP contribution is 2.09. The Balaban J connectivity index is 2.55. The number of nitrogens with zero attached hydrogens (tertiary/aromatic N) is 1. The van der Waals surface area contributed by atoms with E-state index in [9.17, 15) is 14.4 Å². The maximum absolute atomic E-state index is 12.0. The highest BCUT2D eigenvalue weighted by Gasteiger charge is 2.22. The zero-order chi connectivity index (χ0) is 19.6. The molecule has 1 amide bonds. The van der Waals surface area contributed by atoms with E-state index < -0.39 is 23.6 Å². The van der Waals surface area contributed by atoms with Crippen LogP contribution < -0.4 is 0 Å². The standard InChI is InChI=1S/C18H24ClNO6/c1-18(2,3)26-15(21)9-10-20(17(23)25-13-19)11-16(22)24-12-14-7-5-4-6-8-14/h4-8H,9-13H2,1-3H3. The van der Waals surface area contributed by atoms with E-state index in [-0.39, 0.29) is 32.2 Å². The summed E-state index contributed by atoms with van der Waals surface area (Å²) >= 11 is 5.39. The van der Waals surface area contributed by atoms with Crippen molar-refractivity contribution in [2.24, 2.45) is 0 Å². The number of carbonyl (C=O) groups is 3. The average Bonchev–Trinajstić information content (AvgIpc) is 2.56. The fourth-order valence-electron chi connectivity index (χ4n) is 1.93. The van der Waals surface area contributed by atoms with Gasteiger partial charge in [-0.15, -0.1) is 0 Å². The first kappa shape index (κ1) is 21.8. The maximum atomic E-state index is 12.0. The van der Waals surface area contributed by atoms with Crippen LogP contribution in [-0.4, -0.2) is 47.7 Å². The van der Waals surface area contributed by atoms with Gasteiger partial charge in [0.05, 0.1) is 6.42 Å². The van der Waals surface area contributed by atoms with Gasteiger partial charge in [-0.05, 0) is 26.3 Å². The molecule has 26 heavy (non-hydrogen) atoms. The van der Waals surface area contributed by atoms with Gasteiger partial charge in [0.15, 0.2) is 6.07 Å². The van der Waals surface area contributed by atoms with Gasteiger partial charge in [0.25, 0.3) is 0 Å². The van der Waals surface area contributed by atoms with Crippen molar-refractivity contribution in [3.05, 3.63) is 35.9 Å². The van der Waals surface area contributed by atoms with Crippen LogP contribution in [0.4, 0.5) is 4.79 Å². The summed E-state index contributed by atoms with van der Waals surface area (Å²) in [5.74, 6) is -1.11. The molecule has 0 atom stereocenters. The summed E-state index contributed by atoms with van der Waals surface area (Å²) < 4.78 is 15.0. The predicted molar refractivity (Wildman–Crippen MR) is 95.5 cm³/mol. The predicted octanol–water partition coefficient (Wildman–Crippen LogP) is 3.10. The molecule has 0 aliphatic rings. The highest BCUT2D eigenvalue weighted by molar-refractivity contribution is 6.17. The van der Waals surface area contributed by atoms with Gasteiger partial charge in [-0.25, -0.2) is 4.79 Å². The van der Waals surface area contributed by atoms with Crippen molar-refractivity contribution < 1.29 is 28.6 Å². The van der Waals surface area contributed by atoms with Crippen LogP contribution in [0.2, 0.25) is 0 Å². The third kappa shape index (κ3) is 9.27. The Morgan fingerprint density at radius 1 is 1.04 bits per heavy atom. The number of hydrogen-bond donors (Lipinski definition) is 0. The van der Waals surface area contributed by atoms with Crippen molar-refractivity contribution >= 4 is 29.6 Å². The van der Waals surface area contributed by atoms with Crippen LogP contribution in [0.25, 0.3) is 0 Å². The second kappa shape index (κ2) is 10.7. The molecular formula is C18H24ClNO6. The normalized spacial score (nSPS) is 10.8. The van der Waals surface area contributed by atoms with Crippen LogP contribution in [0, 0.1) is 0 Å². The SMILES string of the molecule is CC(C)(C)OC(=O)CCN(CC(=O)OCc1ccccc1)C(=O)OCCl. The van der Waals surface area contributed by atoms with E-state index in [1.807, 2.05) is 30.3 Å². The minimum absolute atomic E-state index is 0.0505. The Labute approximate surface area is 158 Å². The Hall–Kier alpha value is -2.28. The third-order valence-corrected chi connectivity index (χ3v) is 3.11. The van der Waals surface area contributed by atoms with Crippen molar-refractivity contribution in [3.63, 3.8) is 0 Å². The van der Waals surface area contributed by atoms with Crippen LogP contribution in [0.1, 0.15) is 32.8 Å². The molecule has 0 saturated carbocycles. The van der Waals surface area contributed by atoms with Gasteiger partial charge < -0.3 is 14.2 Å². The lowest BCUT2D eigenvalue weighted by Gasteiger charge is -2.22. The molecule has 0 radical (unpaired) electrons. The number of hydrogen-bond acceptors (Lipinski definition) is 6. The van der Waals surface area contributed by atoms with Crippen LogP contribution in [0.15, 0.2) is 30.3 Å². The van der Waals surface area contributed by atoms with Gasteiger partial charge in [-0.3, -0.25) is 14.5 Å². The van der Waals surface area contributed by atoms with E-state index in [2.05, 4.69) is 0 Å². The van der Waals surface area contributed by atoms with E-state index in [0.29, 0.717) is 0 Å². The Morgan fingerprint density at radius 3 is 2.27 bits per heavy atom. The average molecular weight is 386 g/mol. The summed E-state index contributed by atoms with van der Waals surface area (Å²) in [5.41, 5.74) is 0.192. The van der Waals surface area contributed by atoms with Crippen molar-refractivity contribution in [3.8, 4) is 0 Å². The first-order chi connectivity index (χ1) is 12.2. The van der Waals surface area contributed by atoms with Crippen LogP contribution in [0.3, 0.4) is 0 Å². The van der Waals surface area contributed by atoms with Gasteiger partial charge >= 0.3 is 18.0 Å². The summed E-state index contributed by atoms with van der Waals surface area (Å²) in [4.78, 5) is 36.8. The topological polar surface area (TPSA) is 82.1 Å². The lowest BCUT2D eigenvalue weighted by Crippen LogP contribution is -2.38. The van der Waals surface area contributed by atoms with Gasteiger partial charge in [-0.2, -0.15) is 0 Å². The molecule has 0 heterocycles. The second-order valence-corrected chi connectivity index (χ2v) is 6.64. The molecule has 7 nitrogen and oxygen atoms in total. The van der Waals surface area contributed by atoms with Crippen LogP contribution in [-0.2, 0) is 30.4 Å². The molecule has 0 aliphatic heterocycles. The minimum Gasteiger partial charge on any atom is -0.460 e. The van der Waals surface area contributed by atoms with E-state index in [1.165, 1.54) is 0 Å². The molecule has 144 valence electrons. The van der Waals surface area contributed by atoms with Crippen molar-refractivity contribution in [2.75, 3.05) is 19.2 Å². The summed E-state index contributed by atoms with van der Waals surface area (Å²) in [5, 5.41) is 0. The van der Waals surface area contributed by atoms with Crippen molar-refractivity contribution in [2.45, 2.75) is 39.4 Å². The largest absolute Gasteiger partial charge is 0.460 e. The zero-order valence-corrected chi connectivity index (χ0v) is 16.0. The fourth-order valence-corrected chi connectivity index (χ4v) is 2.02. The minimum atomic E-state index is -0.805. The Morgan fingerprint density at radius 2 is 1.69 bits per heavy atom. The summed E-state index contributed by atoms with van der Waals surface area (Å²) in [6.07, 6.45) is -0.888. The van der Waals surface area contributed by atoms with Gasteiger partial charge in [-0.1, -0.05) is 41.9 Å². The molecule has 0 saturated heterocycles. The summed E-state index contributed by atoms with van der Waals surface area (Å²) in [6, 6.07) is 8.78. The van der Waals surface area contributed by atoms with Crippen LogP contribution in [0.5, 0.6) is 0 Å². The molecule has 8 heteroatoms. The summed E-state index contributed by atoms with van der Waals surface area (Å²) in [7, 11) is 0. The number of amides is 1. The van der Waals surface area contributed by atoms with E-state index >= 15 is 0 Å². The maximum Gasteiger partial charge on any atom is 0.411 e. The number of halogens is 1. The van der Waals surface area contributed by atoms with Crippen LogP contribution >= 0.6 is 11.6 Å². The smallest absolute Gasteiger partial charge is 0.411 e. The molecule has 0 aliphatic carbocycles. The highest BCUT2D eigenvalue weighted by atomic mass is 35.5. The van der Waals surface area contributed by atoms with Gasteiger partial charge in [0.1, 0.15) is 18.8 Å². The number of esters is 2. The first-order valence-corrected chi connectivity index (χ1v) is 8.64. The second-order valence-electron chi connectivity index (χ2n) is 6.42. The molecule has 0 bridgehead atoms. The Bertz CT molecular complexity index is 599. The van der Waals surface area contributed by atoms with Gasteiger partial charge in [0, 0.05) is 6.54 Å². The molecule has 1 aromatic carbocycles. The number of benzene rings is 1. The molecule has 0 spiro atoms. The number of rotatable bonds is 8. The van der Waals surface area contributed by atoms with E-state index in [0.717, 1.165) is 10.5 Å². The Kier molecular flexibility index (Phi) is 8.92. The fraction of sp³-hybridized carbons (Fsp3) is 0.500. The first-order valence-electron chi connectivity index (χ1n) is 8.10. The van der Waals surface area contributed by atoms with Crippen molar-refractivity contribution in [1.29, 1.82) is 0 Å². The zero-order valence-electron chi connectivity index (χ0n) is 15.2. The van der Waals surface area contributed by atoms with E-state index in [1.54, 1.807) is 20.8 Å². The molecule has 1 rings (SSSR count).